The van der Waals surface area contributed by atoms with E-state index in [1.165, 1.54) is 6.07 Å². The quantitative estimate of drug-likeness (QED) is 0.889. The minimum atomic E-state index is -0.309. The molecule has 0 saturated heterocycles. The minimum Gasteiger partial charge on any atom is -0.496 e. The highest BCUT2D eigenvalue weighted by Crippen LogP contribution is 2.35. The van der Waals surface area contributed by atoms with Crippen LogP contribution in [0.1, 0.15) is 32.3 Å². The number of methoxy groups -OCH3 is 1. The van der Waals surface area contributed by atoms with Crippen molar-refractivity contribution in [3.63, 3.8) is 0 Å². The zero-order chi connectivity index (χ0) is 13.8. The predicted octanol–water partition coefficient (Wildman–Crippen LogP) is 2.92. The van der Waals surface area contributed by atoms with Crippen molar-refractivity contribution in [1.29, 1.82) is 0 Å². The van der Waals surface area contributed by atoms with Gasteiger partial charge in [0.05, 0.1) is 7.11 Å². The molecule has 0 amide bonds. The van der Waals surface area contributed by atoms with E-state index in [0.29, 0.717) is 24.1 Å². The van der Waals surface area contributed by atoms with Gasteiger partial charge in [0.1, 0.15) is 12.4 Å². The first-order valence-electron chi connectivity index (χ1n) is 6.93. The highest BCUT2D eigenvalue weighted by molar-refractivity contribution is 5.47. The van der Waals surface area contributed by atoms with Gasteiger partial charge in [0.15, 0.2) is 11.6 Å². The van der Waals surface area contributed by atoms with Crippen molar-refractivity contribution >= 4 is 0 Å². The van der Waals surface area contributed by atoms with Crippen molar-refractivity contribution < 1.29 is 13.9 Å². The predicted molar refractivity (Wildman–Crippen MR) is 73.4 cm³/mol. The molecule has 3 nitrogen and oxygen atoms in total. The Hall–Kier alpha value is -1.29. The van der Waals surface area contributed by atoms with E-state index < -0.39 is 0 Å². The van der Waals surface area contributed by atoms with Crippen LogP contribution in [-0.4, -0.2) is 25.8 Å². The number of hydrogen-bond acceptors (Lipinski definition) is 3. The Kier molecular flexibility index (Phi) is 4.64. The fourth-order valence-electron chi connectivity index (χ4n) is 2.58. The molecule has 0 radical (unpaired) electrons. The van der Waals surface area contributed by atoms with Crippen molar-refractivity contribution in [3.8, 4) is 11.5 Å². The van der Waals surface area contributed by atoms with Gasteiger partial charge in [0.2, 0.25) is 0 Å². The number of fused-ring (bicyclic) bond motifs is 1. The third-order valence-corrected chi connectivity index (χ3v) is 3.73. The third-order valence-electron chi connectivity index (χ3n) is 3.73. The van der Waals surface area contributed by atoms with Crippen molar-refractivity contribution in [1.82, 2.24) is 5.32 Å². The molecule has 1 aliphatic rings. The second-order valence-electron chi connectivity index (χ2n) is 4.95. The fourth-order valence-corrected chi connectivity index (χ4v) is 2.58. The van der Waals surface area contributed by atoms with Crippen molar-refractivity contribution in [3.05, 3.63) is 23.5 Å². The molecule has 2 rings (SSSR count). The normalized spacial score (nSPS) is 18.1. The van der Waals surface area contributed by atoms with Gasteiger partial charge in [0.25, 0.3) is 0 Å². The van der Waals surface area contributed by atoms with Crippen LogP contribution < -0.4 is 14.8 Å². The maximum absolute atomic E-state index is 13.7. The lowest BCUT2D eigenvalue weighted by Gasteiger charge is -2.30. The van der Waals surface area contributed by atoms with Gasteiger partial charge in [-0.25, -0.2) is 4.39 Å². The molecule has 0 spiro atoms. The smallest absolute Gasteiger partial charge is 0.165 e. The molecule has 1 atom stereocenters. The highest BCUT2D eigenvalue weighted by atomic mass is 19.1. The molecular formula is C15H22FNO2. The number of ether oxygens (including phenoxy) is 2. The van der Waals surface area contributed by atoms with E-state index in [9.17, 15) is 4.39 Å². The molecule has 106 valence electrons. The average Bonchev–Trinajstić information content (AvgIpc) is 2.45. The Labute approximate surface area is 114 Å². The van der Waals surface area contributed by atoms with E-state index in [4.69, 9.17) is 9.47 Å². The molecule has 4 heteroatoms. The largest absolute Gasteiger partial charge is 0.496 e. The van der Waals surface area contributed by atoms with Crippen LogP contribution in [0.5, 0.6) is 11.5 Å². The Morgan fingerprint density at radius 3 is 2.79 bits per heavy atom. The molecule has 0 aromatic heterocycles. The van der Waals surface area contributed by atoms with Gasteiger partial charge in [-0.3, -0.25) is 0 Å². The topological polar surface area (TPSA) is 30.5 Å². The number of rotatable bonds is 5. The van der Waals surface area contributed by atoms with E-state index in [2.05, 4.69) is 19.2 Å². The van der Waals surface area contributed by atoms with Crippen LogP contribution in [0.15, 0.2) is 12.1 Å². The first-order chi connectivity index (χ1) is 9.19. The summed E-state index contributed by atoms with van der Waals surface area (Å²) in [6, 6.07) is 3.76. The first kappa shape index (κ1) is 14.1. The van der Waals surface area contributed by atoms with E-state index in [-0.39, 0.29) is 11.9 Å². The molecule has 1 unspecified atom stereocenters. The summed E-state index contributed by atoms with van der Waals surface area (Å²) in [6.45, 7) is 4.84. The number of nitrogens with one attached hydrogen (secondary N) is 1. The van der Waals surface area contributed by atoms with Crippen LogP contribution in [-0.2, 0) is 6.42 Å². The zero-order valence-corrected chi connectivity index (χ0v) is 11.8. The summed E-state index contributed by atoms with van der Waals surface area (Å²) in [5.74, 6) is 0.742. The van der Waals surface area contributed by atoms with Gasteiger partial charge in [0, 0.05) is 17.6 Å². The SMILES string of the molecule is CCC(CC)NC1COc2c(F)ccc(OC)c2C1. The Balaban J connectivity index is 2.16. The summed E-state index contributed by atoms with van der Waals surface area (Å²) in [6.07, 6.45) is 2.91. The second kappa shape index (κ2) is 6.24. The van der Waals surface area contributed by atoms with Crippen molar-refractivity contribution in [2.75, 3.05) is 13.7 Å². The van der Waals surface area contributed by atoms with Gasteiger partial charge >= 0.3 is 0 Å². The molecule has 0 saturated carbocycles. The maximum Gasteiger partial charge on any atom is 0.165 e. The summed E-state index contributed by atoms with van der Waals surface area (Å²) < 4.78 is 24.6. The van der Waals surface area contributed by atoms with E-state index in [1.54, 1.807) is 13.2 Å². The summed E-state index contributed by atoms with van der Waals surface area (Å²) >= 11 is 0. The van der Waals surface area contributed by atoms with Crippen molar-refractivity contribution in [2.24, 2.45) is 0 Å². The Morgan fingerprint density at radius 2 is 2.16 bits per heavy atom. The first-order valence-corrected chi connectivity index (χ1v) is 6.93. The minimum absolute atomic E-state index is 0.216. The molecule has 1 aromatic carbocycles. The molecule has 1 aliphatic heterocycles. The summed E-state index contributed by atoms with van der Waals surface area (Å²) in [5, 5.41) is 3.56. The van der Waals surface area contributed by atoms with Crippen LogP contribution in [0.2, 0.25) is 0 Å². The van der Waals surface area contributed by atoms with Gasteiger partial charge in [-0.2, -0.15) is 0 Å². The lowest BCUT2D eigenvalue weighted by Crippen LogP contribution is -2.44. The van der Waals surface area contributed by atoms with E-state index in [0.717, 1.165) is 24.8 Å². The van der Waals surface area contributed by atoms with Crippen LogP contribution >= 0.6 is 0 Å². The summed E-state index contributed by atoms with van der Waals surface area (Å²) in [7, 11) is 1.60. The van der Waals surface area contributed by atoms with Gasteiger partial charge < -0.3 is 14.8 Å². The average molecular weight is 267 g/mol. The Morgan fingerprint density at radius 1 is 1.42 bits per heavy atom. The number of benzene rings is 1. The van der Waals surface area contributed by atoms with Crippen LogP contribution in [0.25, 0.3) is 0 Å². The van der Waals surface area contributed by atoms with Crippen LogP contribution in [0.3, 0.4) is 0 Å². The Bertz CT molecular complexity index is 432. The molecule has 0 fully saturated rings. The molecule has 19 heavy (non-hydrogen) atoms. The second-order valence-corrected chi connectivity index (χ2v) is 4.95. The molecule has 0 bridgehead atoms. The molecule has 1 N–H and O–H groups in total. The van der Waals surface area contributed by atoms with E-state index >= 15 is 0 Å². The molecule has 1 aromatic rings. The fraction of sp³-hybridized carbons (Fsp3) is 0.600. The number of halogens is 1. The molecule has 0 aliphatic carbocycles. The zero-order valence-electron chi connectivity index (χ0n) is 11.8. The van der Waals surface area contributed by atoms with Gasteiger partial charge in [-0.15, -0.1) is 0 Å². The summed E-state index contributed by atoms with van der Waals surface area (Å²) in [4.78, 5) is 0. The van der Waals surface area contributed by atoms with Crippen LogP contribution in [0, 0.1) is 5.82 Å². The molecular weight excluding hydrogens is 245 g/mol. The van der Waals surface area contributed by atoms with Gasteiger partial charge in [-0.1, -0.05) is 13.8 Å². The molecule has 1 heterocycles. The number of hydrogen-bond donors (Lipinski definition) is 1. The summed E-state index contributed by atoms with van der Waals surface area (Å²) in [5.41, 5.74) is 0.831. The lowest BCUT2D eigenvalue weighted by molar-refractivity contribution is 0.212. The highest BCUT2D eigenvalue weighted by Gasteiger charge is 2.26. The monoisotopic (exact) mass is 267 g/mol. The lowest BCUT2D eigenvalue weighted by atomic mass is 9.99. The van der Waals surface area contributed by atoms with Crippen molar-refractivity contribution in [2.45, 2.75) is 45.2 Å². The van der Waals surface area contributed by atoms with Gasteiger partial charge in [-0.05, 0) is 31.4 Å². The van der Waals surface area contributed by atoms with Crippen LogP contribution in [0.4, 0.5) is 4.39 Å². The third kappa shape index (κ3) is 3.00. The standard InChI is InChI=1S/C15H22FNO2/c1-4-10(5-2)17-11-8-12-14(18-3)7-6-13(16)15(12)19-9-11/h6-7,10-11,17H,4-5,8-9H2,1-3H3. The maximum atomic E-state index is 13.7. The van der Waals surface area contributed by atoms with E-state index in [1.807, 2.05) is 0 Å².